The maximum atomic E-state index is 11.2. The average molecular weight is 232 g/mol. The van der Waals surface area contributed by atoms with E-state index in [1.807, 2.05) is 19.2 Å². The largest absolute Gasteiger partial charge is 0.478 e. The number of carbonyl (C=O) groups is 1. The third kappa shape index (κ3) is 1.91. The SMILES string of the molecule is CCn1c(CNC)cc2c(C(=O)O)cccc21. The lowest BCUT2D eigenvalue weighted by atomic mass is 10.1. The molecule has 0 amide bonds. The molecule has 0 bridgehead atoms. The lowest BCUT2D eigenvalue weighted by Crippen LogP contribution is -2.10. The molecule has 0 saturated heterocycles. The predicted octanol–water partition coefficient (Wildman–Crippen LogP) is 2.08. The molecule has 0 aliphatic heterocycles. The number of hydrogen-bond acceptors (Lipinski definition) is 2. The Morgan fingerprint density at radius 3 is 2.82 bits per heavy atom. The van der Waals surface area contributed by atoms with Crippen molar-refractivity contribution in [2.75, 3.05) is 7.05 Å². The third-order valence-corrected chi connectivity index (χ3v) is 2.94. The lowest BCUT2D eigenvalue weighted by Gasteiger charge is -2.07. The van der Waals surface area contributed by atoms with Gasteiger partial charge < -0.3 is 15.0 Å². The van der Waals surface area contributed by atoms with Crippen LogP contribution in [0.5, 0.6) is 0 Å². The quantitative estimate of drug-likeness (QED) is 0.848. The fraction of sp³-hybridized carbons (Fsp3) is 0.308. The van der Waals surface area contributed by atoms with Gasteiger partial charge in [-0.15, -0.1) is 0 Å². The van der Waals surface area contributed by atoms with Crippen molar-refractivity contribution in [3.8, 4) is 0 Å². The van der Waals surface area contributed by atoms with E-state index in [1.54, 1.807) is 12.1 Å². The van der Waals surface area contributed by atoms with E-state index in [1.165, 1.54) is 0 Å². The molecule has 1 aromatic carbocycles. The zero-order valence-corrected chi connectivity index (χ0v) is 10.0. The molecule has 2 rings (SSSR count). The Morgan fingerprint density at radius 1 is 1.47 bits per heavy atom. The molecule has 0 unspecified atom stereocenters. The number of nitrogens with one attached hydrogen (secondary N) is 1. The Balaban J connectivity index is 2.71. The molecule has 17 heavy (non-hydrogen) atoms. The topological polar surface area (TPSA) is 54.3 Å². The molecule has 0 aliphatic rings. The molecule has 1 heterocycles. The van der Waals surface area contributed by atoms with Crippen LogP contribution >= 0.6 is 0 Å². The number of aromatic carboxylic acids is 1. The molecule has 0 fully saturated rings. The van der Waals surface area contributed by atoms with Crippen LogP contribution in [0.3, 0.4) is 0 Å². The Bertz CT molecular complexity index is 558. The van der Waals surface area contributed by atoms with Crippen LogP contribution in [-0.4, -0.2) is 22.7 Å². The van der Waals surface area contributed by atoms with Crippen molar-refractivity contribution in [2.45, 2.75) is 20.0 Å². The van der Waals surface area contributed by atoms with Crippen molar-refractivity contribution in [1.82, 2.24) is 9.88 Å². The van der Waals surface area contributed by atoms with E-state index in [4.69, 9.17) is 5.11 Å². The van der Waals surface area contributed by atoms with E-state index >= 15 is 0 Å². The summed E-state index contributed by atoms with van der Waals surface area (Å²) >= 11 is 0. The zero-order chi connectivity index (χ0) is 12.4. The van der Waals surface area contributed by atoms with Crippen LogP contribution in [-0.2, 0) is 13.1 Å². The van der Waals surface area contributed by atoms with Crippen molar-refractivity contribution in [3.05, 3.63) is 35.5 Å². The summed E-state index contributed by atoms with van der Waals surface area (Å²) in [5.41, 5.74) is 2.46. The maximum Gasteiger partial charge on any atom is 0.336 e. The van der Waals surface area contributed by atoms with Crippen LogP contribution < -0.4 is 5.32 Å². The summed E-state index contributed by atoms with van der Waals surface area (Å²) < 4.78 is 2.14. The number of aryl methyl sites for hydroxylation is 1. The first-order valence-electron chi connectivity index (χ1n) is 5.68. The van der Waals surface area contributed by atoms with Crippen LogP contribution in [0.2, 0.25) is 0 Å². The number of carboxylic acids is 1. The Hall–Kier alpha value is -1.81. The number of nitrogens with zero attached hydrogens (tertiary/aromatic N) is 1. The van der Waals surface area contributed by atoms with Gasteiger partial charge in [-0.25, -0.2) is 4.79 Å². The van der Waals surface area contributed by atoms with Gasteiger partial charge in [0, 0.05) is 29.7 Å². The molecule has 4 nitrogen and oxygen atoms in total. The van der Waals surface area contributed by atoms with Gasteiger partial charge in [-0.05, 0) is 32.2 Å². The summed E-state index contributed by atoms with van der Waals surface area (Å²) in [6, 6.07) is 7.36. The molecule has 2 N–H and O–H groups in total. The van der Waals surface area contributed by atoms with Gasteiger partial charge in [-0.1, -0.05) is 6.07 Å². The van der Waals surface area contributed by atoms with Crippen molar-refractivity contribution in [3.63, 3.8) is 0 Å². The molecule has 0 saturated carbocycles. The smallest absolute Gasteiger partial charge is 0.336 e. The van der Waals surface area contributed by atoms with E-state index < -0.39 is 5.97 Å². The highest BCUT2D eigenvalue weighted by atomic mass is 16.4. The zero-order valence-electron chi connectivity index (χ0n) is 10.0. The van der Waals surface area contributed by atoms with Crippen molar-refractivity contribution < 1.29 is 9.90 Å². The molecule has 0 spiro atoms. The summed E-state index contributed by atoms with van der Waals surface area (Å²) in [4.78, 5) is 11.2. The number of aromatic nitrogens is 1. The molecule has 4 heteroatoms. The molecular formula is C13H16N2O2. The number of carboxylic acid groups (broad SMARTS) is 1. The molecule has 0 radical (unpaired) electrons. The Labute approximate surface area is 99.9 Å². The highest BCUT2D eigenvalue weighted by Gasteiger charge is 2.13. The first-order valence-corrected chi connectivity index (χ1v) is 5.68. The Morgan fingerprint density at radius 2 is 2.24 bits per heavy atom. The molecule has 90 valence electrons. The molecular weight excluding hydrogens is 216 g/mol. The van der Waals surface area contributed by atoms with E-state index in [-0.39, 0.29) is 0 Å². The summed E-state index contributed by atoms with van der Waals surface area (Å²) in [5, 5.41) is 13.1. The monoisotopic (exact) mass is 232 g/mol. The average Bonchev–Trinajstić information content (AvgIpc) is 2.66. The standard InChI is InChI=1S/C13H16N2O2/c1-3-15-9(8-14-2)7-11-10(13(16)17)5-4-6-12(11)15/h4-7,14H,3,8H2,1-2H3,(H,16,17). The minimum Gasteiger partial charge on any atom is -0.478 e. The number of rotatable bonds is 4. The van der Waals surface area contributed by atoms with Crippen molar-refractivity contribution in [1.29, 1.82) is 0 Å². The van der Waals surface area contributed by atoms with Gasteiger partial charge in [0.05, 0.1) is 5.56 Å². The molecule has 2 aromatic rings. The molecule has 0 atom stereocenters. The maximum absolute atomic E-state index is 11.2. The first-order chi connectivity index (χ1) is 8.19. The highest BCUT2D eigenvalue weighted by Crippen LogP contribution is 2.23. The summed E-state index contributed by atoms with van der Waals surface area (Å²) in [5.74, 6) is -0.875. The first kappa shape index (κ1) is 11.7. The van der Waals surface area contributed by atoms with E-state index in [0.717, 1.165) is 29.7 Å². The summed E-state index contributed by atoms with van der Waals surface area (Å²) in [6.45, 7) is 3.64. The van der Waals surface area contributed by atoms with Crippen molar-refractivity contribution in [2.24, 2.45) is 0 Å². The number of fused-ring (bicyclic) bond motifs is 1. The second-order valence-electron chi connectivity index (χ2n) is 3.95. The van der Waals surface area contributed by atoms with Crippen molar-refractivity contribution >= 4 is 16.9 Å². The summed E-state index contributed by atoms with van der Waals surface area (Å²) in [7, 11) is 1.88. The minimum absolute atomic E-state index is 0.368. The third-order valence-electron chi connectivity index (χ3n) is 2.94. The van der Waals surface area contributed by atoms with Gasteiger partial charge in [0.25, 0.3) is 0 Å². The van der Waals surface area contributed by atoms with Gasteiger partial charge >= 0.3 is 5.97 Å². The van der Waals surface area contributed by atoms with E-state index in [0.29, 0.717) is 5.56 Å². The van der Waals surface area contributed by atoms with Crippen LogP contribution in [0.15, 0.2) is 24.3 Å². The summed E-state index contributed by atoms with van der Waals surface area (Å²) in [6.07, 6.45) is 0. The van der Waals surface area contributed by atoms with Crippen LogP contribution in [0.4, 0.5) is 0 Å². The van der Waals surface area contributed by atoms with Gasteiger partial charge in [-0.2, -0.15) is 0 Å². The Kier molecular flexibility index (Phi) is 3.15. The molecule has 0 aliphatic carbocycles. The fourth-order valence-electron chi connectivity index (χ4n) is 2.23. The van der Waals surface area contributed by atoms with Crippen LogP contribution in [0.1, 0.15) is 23.0 Å². The lowest BCUT2D eigenvalue weighted by molar-refractivity contribution is 0.0699. The van der Waals surface area contributed by atoms with Crippen LogP contribution in [0.25, 0.3) is 10.9 Å². The van der Waals surface area contributed by atoms with E-state index in [2.05, 4.69) is 16.8 Å². The number of benzene rings is 1. The fourth-order valence-corrected chi connectivity index (χ4v) is 2.23. The van der Waals surface area contributed by atoms with Gasteiger partial charge in [0.1, 0.15) is 0 Å². The number of hydrogen-bond donors (Lipinski definition) is 2. The van der Waals surface area contributed by atoms with Gasteiger partial charge in [-0.3, -0.25) is 0 Å². The second-order valence-corrected chi connectivity index (χ2v) is 3.95. The predicted molar refractivity (Wildman–Crippen MR) is 67.3 cm³/mol. The van der Waals surface area contributed by atoms with Gasteiger partial charge in [0.15, 0.2) is 0 Å². The molecule has 1 aromatic heterocycles. The highest BCUT2D eigenvalue weighted by molar-refractivity contribution is 6.03. The van der Waals surface area contributed by atoms with Gasteiger partial charge in [0.2, 0.25) is 0 Å². The normalized spacial score (nSPS) is 10.9. The van der Waals surface area contributed by atoms with Crippen LogP contribution in [0, 0.1) is 0 Å². The second kappa shape index (κ2) is 4.59. The van der Waals surface area contributed by atoms with E-state index in [9.17, 15) is 4.79 Å². The minimum atomic E-state index is -0.875.